The van der Waals surface area contributed by atoms with Crippen LogP contribution in [0.2, 0.25) is 0 Å². The first-order chi connectivity index (χ1) is 25.1. The zero-order valence-electron chi connectivity index (χ0n) is 30.8. The molecule has 5 aromatic carbocycles. The molecule has 0 bridgehead atoms. The summed E-state index contributed by atoms with van der Waals surface area (Å²) in [7, 11) is 0. The molecule has 0 radical (unpaired) electrons. The van der Waals surface area contributed by atoms with E-state index in [2.05, 4.69) is 124 Å². The van der Waals surface area contributed by atoms with Gasteiger partial charge < -0.3 is 5.11 Å². The fourth-order valence-electron chi connectivity index (χ4n) is 7.15. The molecular formula is C47H41N4OPt-. The van der Waals surface area contributed by atoms with Gasteiger partial charge >= 0.3 is 0 Å². The number of hydrogen-bond donors (Lipinski definition) is 1. The summed E-state index contributed by atoms with van der Waals surface area (Å²) < 4.78 is 2.16. The molecular weight excluding hydrogens is 832 g/mol. The van der Waals surface area contributed by atoms with Crippen molar-refractivity contribution in [3.63, 3.8) is 0 Å². The summed E-state index contributed by atoms with van der Waals surface area (Å²) in [4.78, 5) is 14.9. The van der Waals surface area contributed by atoms with Crippen molar-refractivity contribution in [3.8, 4) is 56.3 Å². The van der Waals surface area contributed by atoms with Crippen LogP contribution in [0.25, 0.3) is 72.5 Å². The van der Waals surface area contributed by atoms with Crippen LogP contribution in [-0.4, -0.2) is 24.6 Å². The molecule has 8 aromatic rings. The Labute approximate surface area is 325 Å². The number of aryl methyl sites for hydroxylation is 1. The van der Waals surface area contributed by atoms with Crippen LogP contribution in [0.4, 0.5) is 0 Å². The first kappa shape index (κ1) is 36.0. The first-order valence-corrected chi connectivity index (χ1v) is 17.9. The van der Waals surface area contributed by atoms with Gasteiger partial charge in [0.15, 0.2) is 0 Å². The number of nitrogens with zero attached hydrogens (tertiary/aromatic N) is 4. The van der Waals surface area contributed by atoms with Gasteiger partial charge in [-0.25, -0.2) is 4.98 Å². The monoisotopic (exact) mass is 872 g/mol. The van der Waals surface area contributed by atoms with Gasteiger partial charge in [0.25, 0.3) is 0 Å². The maximum Gasteiger partial charge on any atom is 0.148 e. The zero-order valence-corrected chi connectivity index (χ0v) is 33.0. The van der Waals surface area contributed by atoms with E-state index < -0.39 is 0 Å². The summed E-state index contributed by atoms with van der Waals surface area (Å²) in [5.41, 5.74) is 13.7. The average Bonchev–Trinajstić information content (AvgIpc) is 3.55. The number of fused-ring (bicyclic) bond motifs is 2. The Bertz CT molecular complexity index is 2600. The Morgan fingerprint density at radius 2 is 1.45 bits per heavy atom. The molecule has 0 spiro atoms. The molecule has 3 aromatic heterocycles. The molecule has 0 fully saturated rings. The number of aromatic hydroxyl groups is 1. The predicted molar refractivity (Wildman–Crippen MR) is 214 cm³/mol. The third kappa shape index (κ3) is 6.71. The molecule has 0 aliphatic rings. The van der Waals surface area contributed by atoms with Gasteiger partial charge in [0, 0.05) is 44.7 Å². The second-order valence-corrected chi connectivity index (χ2v) is 14.9. The first-order valence-electron chi connectivity index (χ1n) is 17.9. The van der Waals surface area contributed by atoms with Crippen LogP contribution in [0.1, 0.15) is 57.2 Å². The van der Waals surface area contributed by atoms with Gasteiger partial charge in [-0.05, 0) is 94.9 Å². The molecule has 0 amide bonds. The average molecular weight is 873 g/mol. The number of para-hydroxylation sites is 1. The van der Waals surface area contributed by atoms with E-state index in [1.807, 2.05) is 49.6 Å². The van der Waals surface area contributed by atoms with Crippen LogP contribution in [0.15, 0.2) is 128 Å². The van der Waals surface area contributed by atoms with E-state index >= 15 is 0 Å². The summed E-state index contributed by atoms with van der Waals surface area (Å²) in [6.07, 6.45) is 3.75. The zero-order chi connectivity index (χ0) is 36.1. The van der Waals surface area contributed by atoms with Crippen molar-refractivity contribution in [1.82, 2.24) is 19.5 Å². The van der Waals surface area contributed by atoms with E-state index in [1.165, 1.54) is 11.1 Å². The molecule has 0 saturated heterocycles. The minimum atomic E-state index is 0. The van der Waals surface area contributed by atoms with Crippen LogP contribution in [-0.2, 0) is 26.5 Å². The Balaban J connectivity index is 0.00000435. The number of phenols is 1. The van der Waals surface area contributed by atoms with Gasteiger partial charge in [-0.3, -0.25) is 14.5 Å². The van der Waals surface area contributed by atoms with Gasteiger partial charge in [-0.1, -0.05) is 93.8 Å². The van der Waals surface area contributed by atoms with Gasteiger partial charge in [0.1, 0.15) is 11.6 Å². The fourth-order valence-corrected chi connectivity index (χ4v) is 7.15. The molecule has 3 heterocycles. The van der Waals surface area contributed by atoms with Crippen LogP contribution >= 0.6 is 0 Å². The summed E-state index contributed by atoms with van der Waals surface area (Å²) in [6, 6.07) is 43.2. The minimum Gasteiger partial charge on any atom is -0.507 e. The standard InChI is InChI=1S/C47H41N4O.Pt/c1-29(2)36-22-24-49-44-38(27-33(28-39(36)44)41-14-7-8-23-48-41)32-12-9-11-31(26-32)37-13-10-15-42-45(37)50-46(40-25-30(3)16-21-43(40)52)51(42)35-19-17-34(18-20-35)47(4,5)6;/h7-25,27-29,52H,1-6H3;/q-1;. The summed E-state index contributed by atoms with van der Waals surface area (Å²) >= 11 is 0. The molecule has 5 nitrogen and oxygen atoms in total. The topological polar surface area (TPSA) is 63.8 Å². The van der Waals surface area contributed by atoms with E-state index in [-0.39, 0.29) is 32.2 Å². The number of aromatic nitrogens is 4. The number of benzene rings is 5. The second-order valence-electron chi connectivity index (χ2n) is 14.9. The number of hydrogen-bond acceptors (Lipinski definition) is 4. The van der Waals surface area contributed by atoms with Crippen molar-refractivity contribution in [1.29, 1.82) is 0 Å². The van der Waals surface area contributed by atoms with Crippen molar-refractivity contribution in [2.75, 3.05) is 0 Å². The maximum absolute atomic E-state index is 11.2. The van der Waals surface area contributed by atoms with Crippen molar-refractivity contribution in [3.05, 3.63) is 150 Å². The largest absolute Gasteiger partial charge is 0.507 e. The molecule has 53 heavy (non-hydrogen) atoms. The maximum atomic E-state index is 11.2. The predicted octanol–water partition coefficient (Wildman–Crippen LogP) is 11.9. The number of phenolic OH excluding ortho intramolecular Hbond substituents is 1. The quantitative estimate of drug-likeness (QED) is 0.169. The molecule has 0 saturated carbocycles. The van der Waals surface area contributed by atoms with Crippen LogP contribution < -0.4 is 0 Å². The van der Waals surface area contributed by atoms with Crippen LogP contribution in [0, 0.1) is 13.0 Å². The van der Waals surface area contributed by atoms with Crippen molar-refractivity contribution in [2.24, 2.45) is 0 Å². The normalized spacial score (nSPS) is 11.7. The van der Waals surface area contributed by atoms with Crippen molar-refractivity contribution < 1.29 is 26.2 Å². The van der Waals surface area contributed by atoms with Gasteiger partial charge in [-0.2, -0.15) is 0 Å². The Morgan fingerprint density at radius 3 is 2.17 bits per heavy atom. The summed E-state index contributed by atoms with van der Waals surface area (Å²) in [5.74, 6) is 1.20. The molecule has 1 N–H and O–H groups in total. The Morgan fingerprint density at radius 1 is 0.698 bits per heavy atom. The smallest absolute Gasteiger partial charge is 0.148 e. The second kappa shape index (κ2) is 14.2. The fraction of sp³-hybridized carbons (Fsp3) is 0.170. The summed E-state index contributed by atoms with van der Waals surface area (Å²) in [6.45, 7) is 13.1. The number of imidazole rings is 1. The third-order valence-electron chi connectivity index (χ3n) is 9.91. The van der Waals surface area contributed by atoms with Crippen LogP contribution in [0.3, 0.4) is 0 Å². The molecule has 266 valence electrons. The van der Waals surface area contributed by atoms with E-state index in [4.69, 9.17) is 15.0 Å². The third-order valence-corrected chi connectivity index (χ3v) is 9.91. The van der Waals surface area contributed by atoms with Crippen LogP contribution in [0.5, 0.6) is 5.75 Å². The van der Waals surface area contributed by atoms with Crippen molar-refractivity contribution >= 4 is 21.9 Å². The van der Waals surface area contributed by atoms with Gasteiger partial charge in [-0.15, -0.1) is 35.4 Å². The number of rotatable bonds is 6. The Hall–Kier alpha value is -5.38. The van der Waals surface area contributed by atoms with E-state index in [0.717, 1.165) is 66.7 Å². The molecule has 0 unspecified atom stereocenters. The van der Waals surface area contributed by atoms with E-state index in [0.29, 0.717) is 17.3 Å². The van der Waals surface area contributed by atoms with E-state index in [1.54, 1.807) is 6.07 Å². The van der Waals surface area contributed by atoms with Gasteiger partial charge in [0.2, 0.25) is 0 Å². The molecule has 6 heteroatoms. The van der Waals surface area contributed by atoms with E-state index in [9.17, 15) is 5.11 Å². The van der Waals surface area contributed by atoms with Gasteiger partial charge in [0.05, 0.1) is 22.3 Å². The van der Waals surface area contributed by atoms with Crippen molar-refractivity contribution in [2.45, 2.75) is 52.9 Å². The molecule has 8 rings (SSSR count). The molecule has 0 atom stereocenters. The minimum absolute atomic E-state index is 0. The summed E-state index contributed by atoms with van der Waals surface area (Å²) in [5, 5.41) is 12.3. The molecule has 0 aliphatic heterocycles. The SMILES string of the molecule is Cc1ccc(O)c(-c2nc3c(-c4[c-]c(-c5cc(-c6ccccn6)cc6c(C(C)C)ccnc56)ccc4)cccc3n2-c2ccc(C(C)(C)C)cc2)c1.[Pt]. The molecule has 0 aliphatic carbocycles. The Kier molecular flexibility index (Phi) is 9.65. The number of pyridine rings is 2.